The molecule has 0 aromatic heterocycles. The van der Waals surface area contributed by atoms with Gasteiger partial charge in [-0.3, -0.25) is 4.79 Å². The Labute approximate surface area is 163 Å². The van der Waals surface area contributed by atoms with Crippen LogP contribution in [0.3, 0.4) is 0 Å². The van der Waals surface area contributed by atoms with E-state index >= 15 is 0 Å². The minimum atomic E-state index is -0.353. The highest BCUT2D eigenvalue weighted by atomic mass is 16.5. The van der Waals surface area contributed by atoms with Crippen molar-refractivity contribution in [2.75, 3.05) is 30.9 Å². The van der Waals surface area contributed by atoms with Gasteiger partial charge in [0.15, 0.2) is 6.61 Å². The third-order valence-electron chi connectivity index (χ3n) is 4.89. The number of methoxy groups -OCH3 is 1. The number of fused-ring (bicyclic) bond motifs is 1. The van der Waals surface area contributed by atoms with Gasteiger partial charge in [-0.1, -0.05) is 6.07 Å². The van der Waals surface area contributed by atoms with Crippen LogP contribution in [0, 0.1) is 5.92 Å². The molecule has 0 atom stereocenters. The van der Waals surface area contributed by atoms with Crippen LogP contribution in [0.4, 0.5) is 16.2 Å². The molecule has 2 aliphatic rings. The van der Waals surface area contributed by atoms with Crippen molar-refractivity contribution in [1.82, 2.24) is 4.90 Å². The lowest BCUT2D eigenvalue weighted by atomic mass is 10.1. The molecule has 2 aromatic rings. The first kappa shape index (κ1) is 18.2. The molecule has 1 saturated carbocycles. The first-order chi connectivity index (χ1) is 13.6. The van der Waals surface area contributed by atoms with Crippen molar-refractivity contribution in [2.24, 2.45) is 5.92 Å². The van der Waals surface area contributed by atoms with E-state index in [1.165, 1.54) is 12.8 Å². The SMILES string of the molecule is COc1cccc(NC(=O)Nc2ccc3c(c2)CN(CC2CC2)C(=O)CO3)c1. The second kappa shape index (κ2) is 7.80. The highest BCUT2D eigenvalue weighted by Crippen LogP contribution is 2.32. The van der Waals surface area contributed by atoms with E-state index in [2.05, 4.69) is 10.6 Å². The summed E-state index contributed by atoms with van der Waals surface area (Å²) in [4.78, 5) is 26.5. The molecular weight excluding hydrogens is 358 g/mol. The van der Waals surface area contributed by atoms with Crippen LogP contribution >= 0.6 is 0 Å². The largest absolute Gasteiger partial charge is 0.497 e. The summed E-state index contributed by atoms with van der Waals surface area (Å²) in [5, 5.41) is 5.61. The topological polar surface area (TPSA) is 79.9 Å². The number of rotatable bonds is 5. The van der Waals surface area contributed by atoms with Crippen LogP contribution in [0.5, 0.6) is 11.5 Å². The van der Waals surface area contributed by atoms with Crippen molar-refractivity contribution >= 4 is 23.3 Å². The van der Waals surface area contributed by atoms with Gasteiger partial charge in [-0.25, -0.2) is 4.79 Å². The Hall–Kier alpha value is -3.22. The molecule has 0 saturated heterocycles. The van der Waals surface area contributed by atoms with E-state index in [9.17, 15) is 9.59 Å². The Kier molecular flexibility index (Phi) is 5.06. The van der Waals surface area contributed by atoms with Gasteiger partial charge in [0.05, 0.1) is 7.11 Å². The Morgan fingerprint density at radius 2 is 1.96 bits per heavy atom. The minimum absolute atomic E-state index is 0.00776. The normalized spacial score (nSPS) is 15.9. The van der Waals surface area contributed by atoms with Gasteiger partial charge in [0.1, 0.15) is 11.5 Å². The number of anilines is 2. The van der Waals surface area contributed by atoms with E-state index in [-0.39, 0.29) is 18.5 Å². The Morgan fingerprint density at radius 1 is 1.18 bits per heavy atom. The lowest BCUT2D eigenvalue weighted by Crippen LogP contribution is -2.34. The first-order valence-electron chi connectivity index (χ1n) is 9.36. The van der Waals surface area contributed by atoms with Gasteiger partial charge in [-0.05, 0) is 49.1 Å². The summed E-state index contributed by atoms with van der Waals surface area (Å²) in [6.45, 7) is 1.33. The number of amides is 3. The van der Waals surface area contributed by atoms with Gasteiger partial charge in [-0.15, -0.1) is 0 Å². The van der Waals surface area contributed by atoms with Crippen molar-refractivity contribution in [1.29, 1.82) is 0 Å². The summed E-state index contributed by atoms with van der Waals surface area (Å²) in [7, 11) is 1.58. The maximum absolute atomic E-state index is 12.3. The van der Waals surface area contributed by atoms with E-state index in [0.717, 1.165) is 12.1 Å². The predicted octanol–water partition coefficient (Wildman–Crippen LogP) is 3.47. The number of ether oxygens (including phenoxy) is 2. The van der Waals surface area contributed by atoms with Crippen LogP contribution in [0.15, 0.2) is 42.5 Å². The molecule has 0 spiro atoms. The average molecular weight is 381 g/mol. The number of nitrogens with one attached hydrogen (secondary N) is 2. The van der Waals surface area contributed by atoms with E-state index in [0.29, 0.717) is 35.3 Å². The minimum Gasteiger partial charge on any atom is -0.497 e. The van der Waals surface area contributed by atoms with Gasteiger partial charge in [-0.2, -0.15) is 0 Å². The van der Waals surface area contributed by atoms with Crippen molar-refractivity contribution in [3.05, 3.63) is 48.0 Å². The van der Waals surface area contributed by atoms with Gasteiger partial charge in [0.25, 0.3) is 5.91 Å². The average Bonchev–Trinajstić information content (AvgIpc) is 3.51. The summed E-state index contributed by atoms with van der Waals surface area (Å²) in [5.74, 6) is 1.97. The van der Waals surface area contributed by atoms with Crippen LogP contribution in [0.2, 0.25) is 0 Å². The van der Waals surface area contributed by atoms with Crippen LogP contribution < -0.4 is 20.1 Å². The summed E-state index contributed by atoms with van der Waals surface area (Å²) >= 11 is 0. The zero-order valence-corrected chi connectivity index (χ0v) is 15.7. The Morgan fingerprint density at radius 3 is 2.71 bits per heavy atom. The number of hydrogen-bond donors (Lipinski definition) is 2. The number of carbonyl (C=O) groups excluding carboxylic acids is 2. The lowest BCUT2D eigenvalue weighted by molar-refractivity contribution is -0.133. The highest BCUT2D eigenvalue weighted by molar-refractivity contribution is 6.00. The zero-order valence-electron chi connectivity index (χ0n) is 15.7. The molecule has 146 valence electrons. The number of carbonyl (C=O) groups is 2. The molecular formula is C21H23N3O4. The van der Waals surface area contributed by atoms with Crippen LogP contribution in [-0.2, 0) is 11.3 Å². The lowest BCUT2D eigenvalue weighted by Gasteiger charge is -2.19. The fraction of sp³-hybridized carbons (Fsp3) is 0.333. The monoisotopic (exact) mass is 381 g/mol. The molecule has 0 bridgehead atoms. The second-order valence-electron chi connectivity index (χ2n) is 7.14. The third-order valence-corrected chi connectivity index (χ3v) is 4.89. The molecule has 2 aromatic carbocycles. The van der Waals surface area contributed by atoms with Crippen molar-refractivity contribution in [3.63, 3.8) is 0 Å². The van der Waals surface area contributed by atoms with Gasteiger partial charge < -0.3 is 25.0 Å². The predicted molar refractivity (Wildman–Crippen MR) is 106 cm³/mol. The molecule has 1 aliphatic carbocycles. The van der Waals surface area contributed by atoms with Crippen molar-refractivity contribution in [3.8, 4) is 11.5 Å². The van der Waals surface area contributed by atoms with Crippen LogP contribution in [-0.4, -0.2) is 37.1 Å². The third kappa shape index (κ3) is 4.36. The van der Waals surface area contributed by atoms with E-state index in [1.807, 2.05) is 17.0 Å². The number of benzene rings is 2. The number of urea groups is 1. The summed E-state index contributed by atoms with van der Waals surface area (Å²) in [5.41, 5.74) is 2.17. The van der Waals surface area contributed by atoms with E-state index in [4.69, 9.17) is 9.47 Å². The zero-order chi connectivity index (χ0) is 19.5. The first-order valence-corrected chi connectivity index (χ1v) is 9.36. The molecule has 1 fully saturated rings. The smallest absolute Gasteiger partial charge is 0.323 e. The molecule has 0 radical (unpaired) electrons. The van der Waals surface area contributed by atoms with Gasteiger partial charge >= 0.3 is 6.03 Å². The fourth-order valence-corrected chi connectivity index (χ4v) is 3.22. The van der Waals surface area contributed by atoms with Crippen LogP contribution in [0.25, 0.3) is 0 Å². The second-order valence-corrected chi connectivity index (χ2v) is 7.14. The Balaban J connectivity index is 1.44. The van der Waals surface area contributed by atoms with E-state index < -0.39 is 0 Å². The standard InChI is InChI=1S/C21H23N3O4/c1-27-18-4-2-3-16(10-18)22-21(26)23-17-7-8-19-15(9-17)12-24(11-14-5-6-14)20(25)13-28-19/h2-4,7-10,14H,5-6,11-13H2,1H3,(H2,22,23,26). The Bertz CT molecular complexity index is 895. The molecule has 0 unspecified atom stereocenters. The fourth-order valence-electron chi connectivity index (χ4n) is 3.22. The molecule has 1 heterocycles. The van der Waals surface area contributed by atoms with Crippen molar-refractivity contribution < 1.29 is 19.1 Å². The highest BCUT2D eigenvalue weighted by Gasteiger charge is 2.29. The summed E-state index contributed by atoms with van der Waals surface area (Å²) in [6.07, 6.45) is 2.37. The number of nitrogens with zero attached hydrogens (tertiary/aromatic N) is 1. The van der Waals surface area contributed by atoms with Crippen molar-refractivity contribution in [2.45, 2.75) is 19.4 Å². The maximum atomic E-state index is 12.3. The van der Waals surface area contributed by atoms with Gasteiger partial charge in [0.2, 0.25) is 0 Å². The van der Waals surface area contributed by atoms with Crippen LogP contribution in [0.1, 0.15) is 18.4 Å². The maximum Gasteiger partial charge on any atom is 0.323 e. The molecule has 28 heavy (non-hydrogen) atoms. The molecule has 4 rings (SSSR count). The molecule has 2 N–H and O–H groups in total. The molecule has 7 heteroatoms. The summed E-state index contributed by atoms with van der Waals surface area (Å²) in [6, 6.07) is 12.2. The summed E-state index contributed by atoms with van der Waals surface area (Å²) < 4.78 is 10.8. The quantitative estimate of drug-likeness (QED) is 0.831. The molecule has 1 aliphatic heterocycles. The molecule has 7 nitrogen and oxygen atoms in total. The van der Waals surface area contributed by atoms with Gasteiger partial charge in [0, 0.05) is 36.1 Å². The van der Waals surface area contributed by atoms with E-state index in [1.54, 1.807) is 37.4 Å². The number of hydrogen-bond acceptors (Lipinski definition) is 4. The molecule has 3 amide bonds.